The number of hydrogen-bond donors (Lipinski definition) is 1. The zero-order chi connectivity index (χ0) is 17.9. The van der Waals surface area contributed by atoms with Crippen molar-refractivity contribution < 1.29 is 9.84 Å². The highest BCUT2D eigenvalue weighted by atomic mass is 32.1. The Kier molecular flexibility index (Phi) is 4.69. The van der Waals surface area contributed by atoms with Crippen molar-refractivity contribution in [3.63, 3.8) is 0 Å². The summed E-state index contributed by atoms with van der Waals surface area (Å²) in [4.78, 5) is 8.37. The Morgan fingerprint density at radius 1 is 0.962 bits per heavy atom. The van der Waals surface area contributed by atoms with Gasteiger partial charge in [-0.1, -0.05) is 30.3 Å². The van der Waals surface area contributed by atoms with Crippen molar-refractivity contribution in [1.29, 1.82) is 0 Å². The summed E-state index contributed by atoms with van der Waals surface area (Å²) in [5.74, 6) is 0.680. The topological polar surface area (TPSA) is 55.2 Å². The lowest BCUT2D eigenvalue weighted by Crippen LogP contribution is -1.91. The fourth-order valence-electron chi connectivity index (χ4n) is 2.74. The Labute approximate surface area is 158 Å². The maximum atomic E-state index is 9.50. The molecule has 0 spiro atoms. The van der Waals surface area contributed by atoms with Crippen molar-refractivity contribution in [2.75, 3.05) is 6.61 Å². The molecule has 0 saturated carbocycles. The number of fused-ring (bicyclic) bond motifs is 4. The van der Waals surface area contributed by atoms with Crippen LogP contribution in [0.15, 0.2) is 59.6 Å². The van der Waals surface area contributed by atoms with Crippen LogP contribution in [0, 0.1) is 0 Å². The quantitative estimate of drug-likeness (QED) is 0.417. The summed E-state index contributed by atoms with van der Waals surface area (Å²) in [5.41, 5.74) is 5.56. The first-order valence-electron chi connectivity index (χ1n) is 8.16. The molecule has 0 atom stereocenters. The van der Waals surface area contributed by atoms with Crippen LogP contribution in [0.1, 0.15) is 6.92 Å². The number of aromatic nitrogens is 2. The highest BCUT2D eigenvalue weighted by Crippen LogP contribution is 2.32. The van der Waals surface area contributed by atoms with Gasteiger partial charge in [-0.3, -0.25) is 0 Å². The molecule has 0 aliphatic heterocycles. The van der Waals surface area contributed by atoms with Crippen LogP contribution in [0.25, 0.3) is 31.2 Å². The number of ether oxygens (including phenoxy) is 1. The van der Waals surface area contributed by atoms with Gasteiger partial charge in [0.15, 0.2) is 11.5 Å². The van der Waals surface area contributed by atoms with Crippen molar-refractivity contribution in [3.8, 4) is 11.5 Å². The Morgan fingerprint density at radius 3 is 2.65 bits per heavy atom. The van der Waals surface area contributed by atoms with E-state index in [-0.39, 0.29) is 5.75 Å². The van der Waals surface area contributed by atoms with Gasteiger partial charge < -0.3 is 9.84 Å². The van der Waals surface area contributed by atoms with Crippen molar-refractivity contribution in [2.45, 2.75) is 6.92 Å². The largest absolute Gasteiger partial charge is 0.504 e. The standard InChI is InChI=1S/C11H7NS.C9H9NO2S/c1-2-4-9-8(3-1)5-6-10-11(9)13-7-12-10;1-2-12-8-4-9-6(3-7(8)11)10-5-13-9/h1-7H;3-5,11H,2H2,1H3. The van der Waals surface area contributed by atoms with E-state index in [1.165, 1.54) is 26.8 Å². The first-order chi connectivity index (χ1) is 12.8. The Hall–Kier alpha value is -2.70. The van der Waals surface area contributed by atoms with Gasteiger partial charge in [0, 0.05) is 17.5 Å². The summed E-state index contributed by atoms with van der Waals surface area (Å²) in [6, 6.07) is 16.1. The van der Waals surface area contributed by atoms with Gasteiger partial charge >= 0.3 is 0 Å². The number of phenols is 1. The molecule has 3 aromatic carbocycles. The molecule has 2 heterocycles. The lowest BCUT2D eigenvalue weighted by atomic mass is 10.1. The first-order valence-corrected chi connectivity index (χ1v) is 9.92. The van der Waals surface area contributed by atoms with Crippen LogP contribution < -0.4 is 4.74 Å². The molecule has 0 aliphatic carbocycles. The smallest absolute Gasteiger partial charge is 0.162 e. The molecule has 0 unspecified atom stereocenters. The van der Waals surface area contributed by atoms with Gasteiger partial charge in [-0.2, -0.15) is 0 Å². The summed E-state index contributed by atoms with van der Waals surface area (Å²) in [6.45, 7) is 2.44. The average Bonchev–Trinajstić information content (AvgIpc) is 3.31. The molecule has 4 nitrogen and oxygen atoms in total. The van der Waals surface area contributed by atoms with Crippen LogP contribution in [-0.4, -0.2) is 21.7 Å². The molecule has 0 aliphatic rings. The highest BCUT2D eigenvalue weighted by Gasteiger charge is 2.05. The van der Waals surface area contributed by atoms with Gasteiger partial charge in [0.25, 0.3) is 0 Å². The van der Waals surface area contributed by atoms with E-state index in [9.17, 15) is 5.11 Å². The molecule has 0 bridgehead atoms. The van der Waals surface area contributed by atoms with Crippen LogP contribution >= 0.6 is 22.7 Å². The van der Waals surface area contributed by atoms with E-state index in [2.05, 4.69) is 46.4 Å². The van der Waals surface area contributed by atoms with Crippen LogP contribution in [0.3, 0.4) is 0 Å². The zero-order valence-corrected chi connectivity index (χ0v) is 15.7. The van der Waals surface area contributed by atoms with Gasteiger partial charge in [-0.15, -0.1) is 22.7 Å². The Morgan fingerprint density at radius 2 is 1.77 bits per heavy atom. The van der Waals surface area contributed by atoms with Gasteiger partial charge in [-0.25, -0.2) is 9.97 Å². The number of benzene rings is 3. The second kappa shape index (κ2) is 7.27. The SMILES string of the molecule is CCOc1cc2scnc2cc1O.c1ccc2c(c1)ccc1ncsc12. The fourth-order valence-corrected chi connectivity index (χ4v) is 4.25. The number of thiazole rings is 2. The third-order valence-electron chi connectivity index (χ3n) is 3.93. The van der Waals surface area contributed by atoms with E-state index in [1.807, 2.05) is 18.5 Å². The summed E-state index contributed by atoms with van der Waals surface area (Å²) in [7, 11) is 0. The Bertz CT molecular complexity index is 1180. The number of hydrogen-bond acceptors (Lipinski definition) is 6. The molecule has 0 fully saturated rings. The average molecular weight is 380 g/mol. The lowest BCUT2D eigenvalue weighted by molar-refractivity contribution is 0.319. The molecule has 2 aromatic heterocycles. The summed E-state index contributed by atoms with van der Waals surface area (Å²) in [6.07, 6.45) is 0. The van der Waals surface area contributed by atoms with E-state index in [0.717, 1.165) is 15.7 Å². The van der Waals surface area contributed by atoms with Gasteiger partial charge in [0.05, 0.1) is 38.1 Å². The third-order valence-corrected chi connectivity index (χ3v) is 5.60. The highest BCUT2D eigenvalue weighted by molar-refractivity contribution is 7.17. The molecule has 5 rings (SSSR count). The maximum Gasteiger partial charge on any atom is 0.162 e. The monoisotopic (exact) mass is 380 g/mol. The number of aromatic hydroxyl groups is 1. The van der Waals surface area contributed by atoms with Crippen LogP contribution in [0.5, 0.6) is 11.5 Å². The van der Waals surface area contributed by atoms with E-state index in [1.54, 1.807) is 22.9 Å². The predicted octanol–water partition coefficient (Wildman–Crippen LogP) is 5.85. The van der Waals surface area contributed by atoms with Crippen molar-refractivity contribution in [1.82, 2.24) is 9.97 Å². The number of phenolic OH excluding ortho intramolecular Hbond substituents is 1. The van der Waals surface area contributed by atoms with Crippen molar-refractivity contribution >= 4 is 53.9 Å². The molecule has 5 aromatic rings. The van der Waals surface area contributed by atoms with Crippen LogP contribution in [0.4, 0.5) is 0 Å². The van der Waals surface area contributed by atoms with E-state index < -0.39 is 0 Å². The minimum Gasteiger partial charge on any atom is -0.504 e. The molecule has 130 valence electrons. The molecule has 26 heavy (non-hydrogen) atoms. The molecule has 0 saturated heterocycles. The maximum absolute atomic E-state index is 9.50. The fraction of sp³-hybridized carbons (Fsp3) is 0.100. The molecular formula is C20H16N2O2S2. The zero-order valence-electron chi connectivity index (χ0n) is 14.0. The number of nitrogens with zero attached hydrogens (tertiary/aromatic N) is 2. The van der Waals surface area contributed by atoms with E-state index >= 15 is 0 Å². The third kappa shape index (κ3) is 3.21. The number of rotatable bonds is 2. The molecule has 6 heteroatoms. The minimum atomic E-state index is 0.153. The van der Waals surface area contributed by atoms with Gasteiger partial charge in [-0.05, 0) is 18.4 Å². The van der Waals surface area contributed by atoms with Crippen molar-refractivity contribution in [2.24, 2.45) is 0 Å². The second-order valence-electron chi connectivity index (χ2n) is 5.56. The van der Waals surface area contributed by atoms with Crippen molar-refractivity contribution in [3.05, 3.63) is 59.6 Å². The normalized spacial score (nSPS) is 10.8. The van der Waals surface area contributed by atoms with Gasteiger partial charge in [0.1, 0.15) is 0 Å². The summed E-state index contributed by atoms with van der Waals surface area (Å²) < 4.78 is 7.56. The predicted molar refractivity (Wildman–Crippen MR) is 110 cm³/mol. The molecule has 0 amide bonds. The first kappa shape index (κ1) is 16.8. The lowest BCUT2D eigenvalue weighted by Gasteiger charge is -2.04. The summed E-state index contributed by atoms with van der Waals surface area (Å²) >= 11 is 3.24. The van der Waals surface area contributed by atoms with E-state index in [4.69, 9.17) is 4.74 Å². The molecule has 1 N–H and O–H groups in total. The summed E-state index contributed by atoms with van der Waals surface area (Å²) in [5, 5.41) is 12.1. The minimum absolute atomic E-state index is 0.153. The second-order valence-corrected chi connectivity index (χ2v) is 7.30. The Balaban J connectivity index is 0.000000129. The molecule has 0 radical (unpaired) electrons. The van der Waals surface area contributed by atoms with Gasteiger partial charge in [0.2, 0.25) is 0 Å². The van der Waals surface area contributed by atoms with Crippen LogP contribution in [-0.2, 0) is 0 Å². The molecular weight excluding hydrogens is 364 g/mol. The van der Waals surface area contributed by atoms with Crippen LogP contribution in [0.2, 0.25) is 0 Å². The van der Waals surface area contributed by atoms with E-state index in [0.29, 0.717) is 12.4 Å².